The topological polar surface area (TPSA) is 57.6 Å². The van der Waals surface area contributed by atoms with Gasteiger partial charge in [0.05, 0.1) is 12.9 Å². The van der Waals surface area contributed by atoms with E-state index in [2.05, 4.69) is 12.2 Å². The number of methoxy groups -OCH3 is 1. The number of rotatable bonds is 8. The summed E-state index contributed by atoms with van der Waals surface area (Å²) < 4.78 is 11.4. The van der Waals surface area contributed by atoms with Crippen molar-refractivity contribution in [3.63, 3.8) is 0 Å². The molecular weight excluding hydrogens is 230 g/mol. The van der Waals surface area contributed by atoms with Gasteiger partial charge in [-0.2, -0.15) is 0 Å². The molecule has 0 amide bonds. The number of likely N-dealkylation sites (N-methyl/N-ethyl adjacent to an activating group) is 1. The van der Waals surface area contributed by atoms with Crippen molar-refractivity contribution in [2.75, 3.05) is 33.9 Å². The summed E-state index contributed by atoms with van der Waals surface area (Å²) in [6, 6.07) is 0. The van der Waals surface area contributed by atoms with Crippen molar-refractivity contribution in [3.8, 4) is 0 Å². The quantitative estimate of drug-likeness (QED) is 0.391. The summed E-state index contributed by atoms with van der Waals surface area (Å²) >= 11 is 0. The molecule has 0 saturated carbocycles. The molecule has 2 atom stereocenters. The molecule has 18 heavy (non-hydrogen) atoms. The smallest absolute Gasteiger partial charge is 0.156 e. The van der Waals surface area contributed by atoms with Crippen LogP contribution in [-0.4, -0.2) is 57.4 Å². The molecule has 1 aliphatic rings. The zero-order valence-corrected chi connectivity index (χ0v) is 11.8. The summed E-state index contributed by atoms with van der Waals surface area (Å²) in [4.78, 5) is 1.78. The first-order valence-corrected chi connectivity index (χ1v) is 6.80. The van der Waals surface area contributed by atoms with Crippen LogP contribution in [0, 0.1) is 11.3 Å². The lowest BCUT2D eigenvalue weighted by Crippen LogP contribution is -2.44. The van der Waals surface area contributed by atoms with E-state index in [4.69, 9.17) is 14.9 Å². The Hall–Kier alpha value is -0.650. The molecule has 0 aliphatic carbocycles. The highest BCUT2D eigenvalue weighted by atomic mass is 16.5. The predicted molar refractivity (Wildman–Crippen MR) is 73.0 cm³/mol. The largest absolute Gasteiger partial charge is 0.377 e. The van der Waals surface area contributed by atoms with Gasteiger partial charge in [-0.05, 0) is 38.3 Å². The lowest BCUT2D eigenvalue weighted by atomic mass is 9.99. The van der Waals surface area contributed by atoms with Crippen LogP contribution in [0.1, 0.15) is 26.2 Å². The number of nitrogens with one attached hydrogen (secondary N) is 2. The lowest BCUT2D eigenvalue weighted by Gasteiger charge is -2.33. The van der Waals surface area contributed by atoms with Crippen molar-refractivity contribution in [2.45, 2.75) is 38.5 Å². The Bertz CT molecular complexity index is 228. The van der Waals surface area contributed by atoms with E-state index >= 15 is 0 Å². The van der Waals surface area contributed by atoms with Gasteiger partial charge in [0.15, 0.2) is 6.23 Å². The van der Waals surface area contributed by atoms with Gasteiger partial charge in [-0.15, -0.1) is 0 Å². The summed E-state index contributed by atoms with van der Waals surface area (Å²) in [5.74, 6) is 0.627. The molecule has 2 N–H and O–H groups in total. The Morgan fingerprint density at radius 3 is 2.61 bits per heavy atom. The van der Waals surface area contributed by atoms with E-state index in [0.717, 1.165) is 26.1 Å². The molecule has 2 unspecified atom stereocenters. The minimum absolute atomic E-state index is 0.0123. The summed E-state index contributed by atoms with van der Waals surface area (Å²) in [6.45, 7) is 5.00. The van der Waals surface area contributed by atoms with E-state index in [-0.39, 0.29) is 12.3 Å². The van der Waals surface area contributed by atoms with Gasteiger partial charge < -0.3 is 19.7 Å². The van der Waals surface area contributed by atoms with Crippen LogP contribution >= 0.6 is 0 Å². The standard InChI is InChI=1S/C13H27N3O2/c1-4-12(17-3)13(16(2)10-14)18-9-11-5-7-15-8-6-11/h10-15H,4-9H2,1-3H3. The molecule has 1 fully saturated rings. The molecule has 1 saturated heterocycles. The molecule has 5 nitrogen and oxygen atoms in total. The predicted octanol–water partition coefficient (Wildman–Crippen LogP) is 1.29. The third kappa shape index (κ3) is 4.55. The van der Waals surface area contributed by atoms with Crippen molar-refractivity contribution in [2.24, 2.45) is 5.92 Å². The van der Waals surface area contributed by atoms with Crippen LogP contribution in [0.25, 0.3) is 0 Å². The molecular formula is C13H27N3O2. The highest BCUT2D eigenvalue weighted by molar-refractivity contribution is 5.50. The fourth-order valence-electron chi connectivity index (χ4n) is 2.33. The first-order chi connectivity index (χ1) is 8.72. The van der Waals surface area contributed by atoms with Crippen LogP contribution < -0.4 is 5.32 Å². The van der Waals surface area contributed by atoms with E-state index in [1.165, 1.54) is 19.2 Å². The van der Waals surface area contributed by atoms with Gasteiger partial charge in [-0.25, -0.2) is 0 Å². The van der Waals surface area contributed by atoms with Crippen molar-refractivity contribution in [3.05, 3.63) is 0 Å². The first-order valence-electron chi connectivity index (χ1n) is 6.80. The SMILES string of the molecule is CCC(OC)C(OCC1CCNCC1)N(C)C=N. The lowest BCUT2D eigenvalue weighted by molar-refractivity contribution is -0.116. The van der Waals surface area contributed by atoms with Gasteiger partial charge in [0.2, 0.25) is 0 Å². The van der Waals surface area contributed by atoms with Crippen LogP contribution in [0.2, 0.25) is 0 Å². The van der Waals surface area contributed by atoms with E-state index < -0.39 is 0 Å². The molecule has 0 aromatic carbocycles. The average Bonchev–Trinajstić information content (AvgIpc) is 2.43. The van der Waals surface area contributed by atoms with Crippen molar-refractivity contribution in [1.29, 1.82) is 5.41 Å². The summed E-state index contributed by atoms with van der Waals surface area (Å²) in [7, 11) is 3.56. The average molecular weight is 257 g/mol. The van der Waals surface area contributed by atoms with Crippen LogP contribution in [0.4, 0.5) is 0 Å². The molecule has 5 heteroatoms. The minimum Gasteiger partial charge on any atom is -0.377 e. The molecule has 106 valence electrons. The van der Waals surface area contributed by atoms with E-state index in [1.54, 1.807) is 12.0 Å². The second-order valence-corrected chi connectivity index (χ2v) is 4.89. The number of piperidine rings is 1. The second kappa shape index (κ2) is 8.45. The number of hydrogen-bond donors (Lipinski definition) is 2. The summed E-state index contributed by atoms with van der Waals surface area (Å²) in [5, 5.41) is 10.7. The zero-order chi connectivity index (χ0) is 13.4. The summed E-state index contributed by atoms with van der Waals surface area (Å²) in [6.07, 6.45) is 4.38. The molecule has 1 rings (SSSR count). The Morgan fingerprint density at radius 1 is 1.44 bits per heavy atom. The first kappa shape index (κ1) is 15.4. The molecule has 0 aromatic heterocycles. The van der Waals surface area contributed by atoms with Gasteiger partial charge >= 0.3 is 0 Å². The molecule has 0 aromatic rings. The fraction of sp³-hybridized carbons (Fsp3) is 0.923. The Labute approximate surface area is 110 Å². The highest BCUT2D eigenvalue weighted by Gasteiger charge is 2.25. The van der Waals surface area contributed by atoms with Gasteiger partial charge in [-0.1, -0.05) is 6.92 Å². The van der Waals surface area contributed by atoms with Gasteiger partial charge in [0.25, 0.3) is 0 Å². The monoisotopic (exact) mass is 257 g/mol. The molecule has 0 spiro atoms. The zero-order valence-electron chi connectivity index (χ0n) is 11.8. The van der Waals surface area contributed by atoms with E-state index in [1.807, 2.05) is 7.05 Å². The maximum atomic E-state index is 7.36. The Balaban J connectivity index is 2.46. The Morgan fingerprint density at radius 2 is 2.11 bits per heavy atom. The summed E-state index contributed by atoms with van der Waals surface area (Å²) in [5.41, 5.74) is 0. The third-order valence-corrected chi connectivity index (χ3v) is 3.59. The molecule has 0 radical (unpaired) electrons. The van der Waals surface area contributed by atoms with Gasteiger partial charge in [0.1, 0.15) is 6.10 Å². The number of ether oxygens (including phenoxy) is 2. The van der Waals surface area contributed by atoms with Crippen molar-refractivity contribution in [1.82, 2.24) is 10.2 Å². The minimum atomic E-state index is -0.160. The van der Waals surface area contributed by atoms with Gasteiger partial charge in [-0.3, -0.25) is 5.41 Å². The Kier molecular flexibility index (Phi) is 7.23. The van der Waals surface area contributed by atoms with Crippen molar-refractivity contribution >= 4 is 6.34 Å². The van der Waals surface area contributed by atoms with Gasteiger partial charge in [0, 0.05) is 14.2 Å². The maximum absolute atomic E-state index is 7.36. The molecule has 1 heterocycles. The highest BCUT2D eigenvalue weighted by Crippen LogP contribution is 2.16. The fourth-order valence-corrected chi connectivity index (χ4v) is 2.33. The number of hydrogen-bond acceptors (Lipinski definition) is 4. The van der Waals surface area contributed by atoms with Crippen molar-refractivity contribution < 1.29 is 9.47 Å². The van der Waals surface area contributed by atoms with Crippen LogP contribution in [-0.2, 0) is 9.47 Å². The maximum Gasteiger partial charge on any atom is 0.156 e. The van der Waals surface area contributed by atoms with E-state index in [9.17, 15) is 0 Å². The van der Waals surface area contributed by atoms with E-state index in [0.29, 0.717) is 5.92 Å². The molecule has 0 bridgehead atoms. The third-order valence-electron chi connectivity index (χ3n) is 3.59. The second-order valence-electron chi connectivity index (χ2n) is 4.89. The van der Waals surface area contributed by atoms with Crippen LogP contribution in [0.3, 0.4) is 0 Å². The normalized spacial score (nSPS) is 20.4. The van der Waals surface area contributed by atoms with Crippen LogP contribution in [0.15, 0.2) is 0 Å². The molecule has 1 aliphatic heterocycles. The van der Waals surface area contributed by atoms with Crippen LogP contribution in [0.5, 0.6) is 0 Å². The number of nitrogens with zero attached hydrogens (tertiary/aromatic N) is 1.